The number of halogens is 1. The van der Waals surface area contributed by atoms with Gasteiger partial charge in [0.2, 0.25) is 11.8 Å². The smallest absolute Gasteiger partial charge is 0.288 e. The van der Waals surface area contributed by atoms with E-state index in [0.717, 1.165) is 0 Å². The van der Waals surface area contributed by atoms with E-state index in [1.54, 1.807) is 0 Å². The van der Waals surface area contributed by atoms with Gasteiger partial charge in [-0.2, -0.15) is 0 Å². The SMILES string of the molecule is O=C1CC(C(=O)Nc2ccc([N+](=O)[O-])c(Cl)c2)CN1. The van der Waals surface area contributed by atoms with Crippen molar-refractivity contribution >= 4 is 34.8 Å². The largest absolute Gasteiger partial charge is 0.355 e. The monoisotopic (exact) mass is 283 g/mol. The number of hydrogen-bond acceptors (Lipinski definition) is 4. The fraction of sp³-hybridized carbons (Fsp3) is 0.273. The maximum Gasteiger partial charge on any atom is 0.288 e. The second kappa shape index (κ2) is 5.23. The number of nitro benzene ring substituents is 1. The van der Waals surface area contributed by atoms with E-state index in [1.165, 1.54) is 18.2 Å². The lowest BCUT2D eigenvalue weighted by molar-refractivity contribution is -0.384. The lowest BCUT2D eigenvalue weighted by atomic mass is 10.1. The molecule has 2 amide bonds. The van der Waals surface area contributed by atoms with Crippen LogP contribution >= 0.6 is 11.6 Å². The Morgan fingerprint density at radius 2 is 2.26 bits per heavy atom. The Morgan fingerprint density at radius 3 is 2.79 bits per heavy atom. The summed E-state index contributed by atoms with van der Waals surface area (Å²) in [6.45, 7) is 0.297. The van der Waals surface area contributed by atoms with Crippen LogP contribution in [0.15, 0.2) is 18.2 Å². The second-order valence-electron chi connectivity index (χ2n) is 4.12. The molecule has 0 spiro atoms. The van der Waals surface area contributed by atoms with Crippen LogP contribution in [-0.2, 0) is 9.59 Å². The number of nitrogens with zero attached hydrogens (tertiary/aromatic N) is 1. The summed E-state index contributed by atoms with van der Waals surface area (Å²) in [5.74, 6) is -0.911. The molecule has 1 aliphatic rings. The van der Waals surface area contributed by atoms with Gasteiger partial charge in [-0.15, -0.1) is 0 Å². The predicted octanol–water partition coefficient (Wildman–Crippen LogP) is 1.32. The lowest BCUT2D eigenvalue weighted by Crippen LogP contribution is -2.24. The highest BCUT2D eigenvalue weighted by molar-refractivity contribution is 6.33. The van der Waals surface area contributed by atoms with E-state index in [4.69, 9.17) is 11.6 Å². The molecule has 2 N–H and O–H groups in total. The van der Waals surface area contributed by atoms with Gasteiger partial charge in [0.25, 0.3) is 5.69 Å². The van der Waals surface area contributed by atoms with Gasteiger partial charge in [0.15, 0.2) is 0 Å². The molecule has 8 heteroatoms. The zero-order valence-corrected chi connectivity index (χ0v) is 10.4. The summed E-state index contributed by atoms with van der Waals surface area (Å²) in [5.41, 5.74) is 0.136. The van der Waals surface area contributed by atoms with Gasteiger partial charge in [0.05, 0.1) is 10.8 Å². The van der Waals surface area contributed by atoms with Crippen LogP contribution in [0, 0.1) is 16.0 Å². The van der Waals surface area contributed by atoms with E-state index >= 15 is 0 Å². The Hall–Kier alpha value is -2.15. The molecule has 0 saturated carbocycles. The molecule has 0 radical (unpaired) electrons. The van der Waals surface area contributed by atoms with Crippen LogP contribution in [0.25, 0.3) is 0 Å². The number of rotatable bonds is 3. The van der Waals surface area contributed by atoms with Crippen LogP contribution in [-0.4, -0.2) is 23.3 Å². The van der Waals surface area contributed by atoms with Crippen molar-refractivity contribution < 1.29 is 14.5 Å². The zero-order chi connectivity index (χ0) is 14.0. The molecule has 2 rings (SSSR count). The Labute approximate surface area is 113 Å². The molecule has 100 valence electrons. The molecule has 1 heterocycles. The average molecular weight is 284 g/mol. The van der Waals surface area contributed by atoms with Crippen LogP contribution in [0.5, 0.6) is 0 Å². The summed E-state index contributed by atoms with van der Waals surface area (Å²) < 4.78 is 0. The fourth-order valence-corrected chi connectivity index (χ4v) is 2.02. The fourth-order valence-electron chi connectivity index (χ4n) is 1.77. The van der Waals surface area contributed by atoms with Crippen LogP contribution in [0.1, 0.15) is 6.42 Å². The van der Waals surface area contributed by atoms with Crippen molar-refractivity contribution in [1.29, 1.82) is 0 Å². The maximum absolute atomic E-state index is 11.8. The molecule has 0 aromatic heterocycles. The van der Waals surface area contributed by atoms with E-state index < -0.39 is 10.8 Å². The second-order valence-corrected chi connectivity index (χ2v) is 4.52. The molecule has 1 aromatic carbocycles. The average Bonchev–Trinajstić information content (AvgIpc) is 2.75. The van der Waals surface area contributed by atoms with Gasteiger partial charge in [-0.25, -0.2) is 0 Å². The van der Waals surface area contributed by atoms with E-state index in [9.17, 15) is 19.7 Å². The van der Waals surface area contributed by atoms with Crippen molar-refractivity contribution in [3.8, 4) is 0 Å². The minimum atomic E-state index is -0.604. The Bertz CT molecular complexity index is 561. The molecule has 0 bridgehead atoms. The topological polar surface area (TPSA) is 101 Å². The van der Waals surface area contributed by atoms with Gasteiger partial charge in [0.1, 0.15) is 5.02 Å². The number of amides is 2. The standard InChI is InChI=1S/C11H10ClN3O4/c12-8-4-7(1-2-9(8)15(18)19)14-11(17)6-3-10(16)13-5-6/h1-2,4,6H,3,5H2,(H,13,16)(H,14,17). The zero-order valence-electron chi connectivity index (χ0n) is 9.68. The predicted molar refractivity (Wildman–Crippen MR) is 67.9 cm³/mol. The molecule has 1 fully saturated rings. The molecule has 0 aliphatic carbocycles. The number of carbonyl (C=O) groups excluding carboxylic acids is 2. The van der Waals surface area contributed by atoms with Crippen LogP contribution in [0.4, 0.5) is 11.4 Å². The first-order valence-electron chi connectivity index (χ1n) is 5.49. The Kier molecular flexibility index (Phi) is 3.66. The van der Waals surface area contributed by atoms with Gasteiger partial charge >= 0.3 is 0 Å². The summed E-state index contributed by atoms with van der Waals surface area (Å²) in [5, 5.41) is 15.7. The van der Waals surface area contributed by atoms with E-state index in [0.29, 0.717) is 12.2 Å². The van der Waals surface area contributed by atoms with Gasteiger partial charge < -0.3 is 10.6 Å². The third-order valence-corrected chi connectivity index (χ3v) is 3.06. The summed E-state index contributed by atoms with van der Waals surface area (Å²) in [7, 11) is 0. The van der Waals surface area contributed by atoms with E-state index in [2.05, 4.69) is 10.6 Å². The molecule has 7 nitrogen and oxygen atoms in total. The maximum atomic E-state index is 11.8. The van der Waals surface area contributed by atoms with Crippen LogP contribution in [0.2, 0.25) is 5.02 Å². The van der Waals surface area contributed by atoms with Gasteiger partial charge in [-0.1, -0.05) is 11.6 Å². The normalized spacial score (nSPS) is 17.9. The Morgan fingerprint density at radius 1 is 1.53 bits per heavy atom. The van der Waals surface area contributed by atoms with Crippen molar-refractivity contribution in [2.24, 2.45) is 5.92 Å². The first-order chi connectivity index (χ1) is 8.97. The third-order valence-electron chi connectivity index (χ3n) is 2.76. The van der Waals surface area contributed by atoms with Crippen molar-refractivity contribution in [3.05, 3.63) is 33.3 Å². The highest BCUT2D eigenvalue weighted by Crippen LogP contribution is 2.27. The number of anilines is 1. The van der Waals surface area contributed by atoms with Crippen molar-refractivity contribution in [2.45, 2.75) is 6.42 Å². The first kappa shape index (κ1) is 13.3. The summed E-state index contributed by atoms with van der Waals surface area (Å²) >= 11 is 5.73. The van der Waals surface area contributed by atoms with E-state index in [1.807, 2.05) is 0 Å². The molecular weight excluding hydrogens is 274 g/mol. The van der Waals surface area contributed by atoms with Gasteiger partial charge in [-0.05, 0) is 12.1 Å². The van der Waals surface area contributed by atoms with Crippen molar-refractivity contribution in [3.63, 3.8) is 0 Å². The van der Waals surface area contributed by atoms with Crippen LogP contribution < -0.4 is 10.6 Å². The first-order valence-corrected chi connectivity index (χ1v) is 5.86. The number of hydrogen-bond donors (Lipinski definition) is 2. The third kappa shape index (κ3) is 3.00. The minimum Gasteiger partial charge on any atom is -0.355 e. The van der Waals surface area contributed by atoms with Crippen LogP contribution in [0.3, 0.4) is 0 Å². The summed E-state index contributed by atoms with van der Waals surface area (Å²) in [4.78, 5) is 32.8. The summed E-state index contributed by atoms with van der Waals surface area (Å²) in [6, 6.07) is 3.92. The molecule has 1 saturated heterocycles. The van der Waals surface area contributed by atoms with E-state index in [-0.39, 0.29) is 28.9 Å². The van der Waals surface area contributed by atoms with Crippen molar-refractivity contribution in [2.75, 3.05) is 11.9 Å². The minimum absolute atomic E-state index is 0.0524. The molecule has 1 unspecified atom stereocenters. The molecular formula is C11H10ClN3O4. The highest BCUT2D eigenvalue weighted by Gasteiger charge is 2.28. The van der Waals surface area contributed by atoms with Gasteiger partial charge in [0, 0.05) is 24.7 Å². The number of benzene rings is 1. The number of nitrogens with one attached hydrogen (secondary N) is 2. The highest BCUT2D eigenvalue weighted by atomic mass is 35.5. The Balaban J connectivity index is 2.07. The summed E-state index contributed by atoms with van der Waals surface area (Å²) in [6.07, 6.45) is 0.145. The number of nitro groups is 1. The number of carbonyl (C=O) groups is 2. The quantitative estimate of drug-likeness (QED) is 0.645. The lowest BCUT2D eigenvalue weighted by Gasteiger charge is -2.09. The molecule has 1 atom stereocenters. The van der Waals surface area contributed by atoms with Gasteiger partial charge in [-0.3, -0.25) is 19.7 Å². The molecule has 19 heavy (non-hydrogen) atoms. The molecule has 1 aromatic rings. The van der Waals surface area contributed by atoms with Crippen molar-refractivity contribution in [1.82, 2.24) is 5.32 Å². The molecule has 1 aliphatic heterocycles.